The number of piperidine rings is 1. The lowest BCUT2D eigenvalue weighted by molar-refractivity contribution is 0.0534. The molecule has 8 nitrogen and oxygen atoms in total. The smallest absolute Gasteiger partial charge is 0.338 e. The first-order valence-electron chi connectivity index (χ1n) is 12.2. The maximum absolute atomic E-state index is 11.9. The standard InChI is InChI=1S/C26H33N3O5S/c1-17-12-19(13-27-24(17)35(3,32)33)29-11-8-26(16-29)6-9-28(10-7-26)14-23(30)20-4-5-21-22(18(20)2)15-34-25(21)31/h4-5,12-13,23,30H,6-11,14-16H2,1-3H3/t23-/m0/s1. The molecule has 188 valence electrons. The highest BCUT2D eigenvalue weighted by Crippen LogP contribution is 2.42. The van der Waals surface area contributed by atoms with Crippen molar-refractivity contribution in [1.29, 1.82) is 0 Å². The van der Waals surface area contributed by atoms with Crippen molar-refractivity contribution in [3.05, 3.63) is 52.2 Å². The van der Waals surface area contributed by atoms with Crippen LogP contribution in [0.5, 0.6) is 0 Å². The molecule has 4 heterocycles. The van der Waals surface area contributed by atoms with Crippen molar-refractivity contribution >= 4 is 21.5 Å². The average molecular weight is 500 g/mol. The molecule has 3 aliphatic heterocycles. The predicted octanol–water partition coefficient (Wildman–Crippen LogP) is 2.80. The summed E-state index contributed by atoms with van der Waals surface area (Å²) < 4.78 is 28.9. The number of rotatable bonds is 5. The maximum Gasteiger partial charge on any atom is 0.338 e. The zero-order valence-corrected chi connectivity index (χ0v) is 21.4. The van der Waals surface area contributed by atoms with Crippen LogP contribution in [-0.4, -0.2) is 68.4 Å². The summed E-state index contributed by atoms with van der Waals surface area (Å²) in [6.07, 6.45) is 5.51. The fourth-order valence-electron chi connectivity index (χ4n) is 5.95. The zero-order valence-electron chi connectivity index (χ0n) is 20.6. The molecule has 0 saturated carbocycles. The lowest BCUT2D eigenvalue weighted by atomic mass is 9.77. The number of nitrogens with zero attached hydrogens (tertiary/aromatic N) is 3. The van der Waals surface area contributed by atoms with Gasteiger partial charge in [0.1, 0.15) is 6.61 Å². The number of benzene rings is 1. The third kappa shape index (κ3) is 4.57. The molecule has 1 atom stereocenters. The van der Waals surface area contributed by atoms with Gasteiger partial charge in [0.15, 0.2) is 14.9 Å². The lowest BCUT2D eigenvalue weighted by Gasteiger charge is -2.40. The molecule has 9 heteroatoms. The van der Waals surface area contributed by atoms with Crippen LogP contribution in [0.15, 0.2) is 29.4 Å². The van der Waals surface area contributed by atoms with Gasteiger partial charge in [-0.2, -0.15) is 0 Å². The van der Waals surface area contributed by atoms with Gasteiger partial charge >= 0.3 is 5.97 Å². The Kier molecular flexibility index (Phi) is 6.14. The number of aliphatic hydroxyl groups is 1. The van der Waals surface area contributed by atoms with E-state index in [-0.39, 0.29) is 23.0 Å². The van der Waals surface area contributed by atoms with Gasteiger partial charge in [-0.25, -0.2) is 18.2 Å². The van der Waals surface area contributed by atoms with Gasteiger partial charge < -0.3 is 19.6 Å². The van der Waals surface area contributed by atoms with Gasteiger partial charge in [-0.1, -0.05) is 6.07 Å². The van der Waals surface area contributed by atoms with Crippen LogP contribution >= 0.6 is 0 Å². The summed E-state index contributed by atoms with van der Waals surface area (Å²) in [5.74, 6) is -0.284. The van der Waals surface area contributed by atoms with E-state index in [0.29, 0.717) is 17.7 Å². The van der Waals surface area contributed by atoms with Gasteiger partial charge in [0.25, 0.3) is 0 Å². The molecule has 1 aromatic carbocycles. The van der Waals surface area contributed by atoms with Crippen molar-refractivity contribution in [2.75, 3.05) is 43.9 Å². The molecule has 0 bridgehead atoms. The Hall–Kier alpha value is -2.49. The molecule has 3 aliphatic rings. The molecule has 0 amide bonds. The van der Waals surface area contributed by atoms with Crippen LogP contribution in [0.2, 0.25) is 0 Å². The number of carbonyl (C=O) groups excluding carboxylic acids is 1. The van der Waals surface area contributed by atoms with E-state index >= 15 is 0 Å². The van der Waals surface area contributed by atoms with E-state index < -0.39 is 15.9 Å². The Morgan fingerprint density at radius 3 is 2.57 bits per heavy atom. The molecule has 1 N–H and O–H groups in total. The summed E-state index contributed by atoms with van der Waals surface area (Å²) in [5, 5.41) is 11.1. The number of carbonyl (C=O) groups is 1. The van der Waals surface area contributed by atoms with E-state index in [1.54, 1.807) is 19.2 Å². The van der Waals surface area contributed by atoms with E-state index in [4.69, 9.17) is 4.74 Å². The summed E-state index contributed by atoms with van der Waals surface area (Å²) in [6, 6.07) is 5.57. The number of aryl methyl sites for hydroxylation is 1. The quantitative estimate of drug-likeness (QED) is 0.627. The molecule has 2 saturated heterocycles. The van der Waals surface area contributed by atoms with Crippen LogP contribution in [0.25, 0.3) is 0 Å². The van der Waals surface area contributed by atoms with Crippen molar-refractivity contribution in [3.8, 4) is 0 Å². The predicted molar refractivity (Wildman–Crippen MR) is 132 cm³/mol. The van der Waals surface area contributed by atoms with Crippen LogP contribution in [0.3, 0.4) is 0 Å². The van der Waals surface area contributed by atoms with E-state index in [1.807, 2.05) is 19.1 Å². The molecule has 35 heavy (non-hydrogen) atoms. The SMILES string of the molecule is Cc1cc(N2CCC3(CCN(C[C@H](O)c4ccc5c(c4C)COC5=O)CC3)C2)cnc1S(C)(=O)=O. The highest BCUT2D eigenvalue weighted by Gasteiger charge is 2.41. The number of pyridine rings is 1. The highest BCUT2D eigenvalue weighted by molar-refractivity contribution is 7.90. The Morgan fingerprint density at radius 1 is 1.17 bits per heavy atom. The van der Waals surface area contributed by atoms with Gasteiger partial charge in [0.2, 0.25) is 0 Å². The number of hydrogen-bond acceptors (Lipinski definition) is 8. The molecular weight excluding hydrogens is 466 g/mol. The second kappa shape index (κ2) is 8.87. The Labute approximate surface area is 206 Å². The third-order valence-electron chi connectivity index (χ3n) is 8.09. The van der Waals surface area contributed by atoms with Gasteiger partial charge in [-0.15, -0.1) is 0 Å². The van der Waals surface area contributed by atoms with Crippen LogP contribution in [-0.2, 0) is 21.2 Å². The largest absolute Gasteiger partial charge is 0.457 e. The topological polar surface area (TPSA) is 100 Å². The minimum Gasteiger partial charge on any atom is -0.457 e. The zero-order chi connectivity index (χ0) is 25.0. The molecule has 5 rings (SSSR count). The average Bonchev–Trinajstić information content (AvgIpc) is 3.39. The number of cyclic esters (lactones) is 1. The van der Waals surface area contributed by atoms with Crippen molar-refractivity contribution < 1.29 is 23.1 Å². The van der Waals surface area contributed by atoms with Crippen LogP contribution in [0.4, 0.5) is 5.69 Å². The highest BCUT2D eigenvalue weighted by atomic mass is 32.2. The number of hydrogen-bond donors (Lipinski definition) is 1. The fourth-order valence-corrected chi connectivity index (χ4v) is 6.84. The molecular formula is C26H33N3O5S. The number of aliphatic hydroxyl groups excluding tert-OH is 1. The number of esters is 1. The maximum atomic E-state index is 11.9. The van der Waals surface area contributed by atoms with Crippen LogP contribution in [0, 0.1) is 19.3 Å². The summed E-state index contributed by atoms with van der Waals surface area (Å²) in [5.41, 5.74) is 5.24. The van der Waals surface area contributed by atoms with Crippen molar-refractivity contribution in [1.82, 2.24) is 9.88 Å². The van der Waals surface area contributed by atoms with Gasteiger partial charge in [-0.3, -0.25) is 0 Å². The first-order valence-corrected chi connectivity index (χ1v) is 14.1. The second-order valence-corrected chi connectivity index (χ2v) is 12.4. The summed E-state index contributed by atoms with van der Waals surface area (Å²) in [7, 11) is -3.32. The number of sulfone groups is 1. The van der Waals surface area contributed by atoms with Crippen molar-refractivity contribution in [3.63, 3.8) is 0 Å². The van der Waals surface area contributed by atoms with Gasteiger partial charge in [0, 0.05) is 31.5 Å². The molecule has 0 aliphatic carbocycles. The summed E-state index contributed by atoms with van der Waals surface area (Å²) in [4.78, 5) is 20.7. The monoisotopic (exact) mass is 499 g/mol. The second-order valence-electron chi connectivity index (χ2n) is 10.5. The number of β-amino-alcohol motifs (C(OH)–C–C–N with tert-alkyl or cyclic N) is 1. The molecule has 2 fully saturated rings. The third-order valence-corrected chi connectivity index (χ3v) is 9.22. The fraction of sp³-hybridized carbons (Fsp3) is 0.538. The Balaban J connectivity index is 1.20. The minimum absolute atomic E-state index is 0.153. The lowest BCUT2D eigenvalue weighted by Crippen LogP contribution is -2.43. The first-order chi connectivity index (χ1) is 16.6. The van der Waals surface area contributed by atoms with Crippen LogP contribution in [0.1, 0.15) is 58.0 Å². The molecule has 1 aromatic heterocycles. The number of fused-ring (bicyclic) bond motifs is 1. The summed E-state index contributed by atoms with van der Waals surface area (Å²) >= 11 is 0. The Bertz CT molecular complexity index is 1270. The van der Waals surface area contributed by atoms with Crippen molar-refractivity contribution in [2.24, 2.45) is 5.41 Å². The number of ether oxygens (including phenoxy) is 1. The number of aromatic nitrogens is 1. The van der Waals surface area contributed by atoms with E-state index in [9.17, 15) is 18.3 Å². The number of anilines is 1. The first kappa shape index (κ1) is 24.2. The molecule has 0 radical (unpaired) electrons. The van der Waals surface area contributed by atoms with Crippen LogP contribution < -0.4 is 4.90 Å². The van der Waals surface area contributed by atoms with E-state index in [1.165, 1.54) is 6.26 Å². The van der Waals surface area contributed by atoms with Gasteiger partial charge in [0.05, 0.1) is 23.6 Å². The van der Waals surface area contributed by atoms with Crippen molar-refractivity contribution in [2.45, 2.75) is 50.8 Å². The molecule has 2 aromatic rings. The summed E-state index contributed by atoms with van der Waals surface area (Å²) in [6.45, 7) is 8.37. The Morgan fingerprint density at radius 2 is 1.89 bits per heavy atom. The van der Waals surface area contributed by atoms with Gasteiger partial charge in [-0.05, 0) is 80.4 Å². The molecule has 1 spiro atoms. The van der Waals surface area contributed by atoms with E-state index in [0.717, 1.165) is 67.8 Å². The number of likely N-dealkylation sites (tertiary alicyclic amines) is 1. The minimum atomic E-state index is -3.32. The van der Waals surface area contributed by atoms with E-state index in [2.05, 4.69) is 14.8 Å². The molecule has 0 unspecified atom stereocenters. The normalized spacial score (nSPS) is 20.8.